The molecular formula is C23H16F4N4O3. The van der Waals surface area contributed by atoms with Crippen LogP contribution in [0.5, 0.6) is 0 Å². The zero-order valence-corrected chi connectivity index (χ0v) is 17.5. The van der Waals surface area contributed by atoms with Gasteiger partial charge >= 0.3 is 6.18 Å². The fourth-order valence-electron chi connectivity index (χ4n) is 3.25. The predicted molar refractivity (Wildman–Crippen MR) is 114 cm³/mol. The third kappa shape index (κ3) is 4.53. The van der Waals surface area contributed by atoms with E-state index in [0.717, 1.165) is 12.3 Å². The van der Waals surface area contributed by atoms with E-state index in [2.05, 4.69) is 15.7 Å². The molecule has 2 aromatic carbocycles. The standard InChI is InChI=1S/C23H16F4N4O3/c1-13-15(12-28-31(13)19-6-3-2-5-17(19)24)21(32)30-18-9-8-14(11-16(18)23(25,26)27)29-22(33)20-7-4-10-34-20/h2-12H,1H3,(H,29,33)(H,30,32). The molecule has 0 radical (unpaired) electrons. The largest absolute Gasteiger partial charge is 0.459 e. The lowest BCUT2D eigenvalue weighted by Gasteiger charge is -2.15. The van der Waals surface area contributed by atoms with Gasteiger partial charge in [-0.25, -0.2) is 9.07 Å². The molecule has 34 heavy (non-hydrogen) atoms. The summed E-state index contributed by atoms with van der Waals surface area (Å²) >= 11 is 0. The third-order valence-electron chi connectivity index (χ3n) is 4.91. The number of halogens is 4. The van der Waals surface area contributed by atoms with Gasteiger partial charge in [0.2, 0.25) is 0 Å². The van der Waals surface area contributed by atoms with Crippen LogP contribution in [0.1, 0.15) is 32.2 Å². The minimum Gasteiger partial charge on any atom is -0.459 e. The van der Waals surface area contributed by atoms with Crippen molar-refractivity contribution in [1.82, 2.24) is 9.78 Å². The third-order valence-corrected chi connectivity index (χ3v) is 4.91. The van der Waals surface area contributed by atoms with Crippen LogP contribution in [-0.4, -0.2) is 21.6 Å². The van der Waals surface area contributed by atoms with E-state index in [1.165, 1.54) is 54.3 Å². The minimum atomic E-state index is -4.83. The molecule has 0 saturated heterocycles. The number of amides is 2. The topological polar surface area (TPSA) is 89.2 Å². The van der Waals surface area contributed by atoms with Crippen LogP contribution in [0.4, 0.5) is 28.9 Å². The molecule has 4 aromatic rings. The second-order valence-electron chi connectivity index (χ2n) is 7.15. The van der Waals surface area contributed by atoms with E-state index in [0.29, 0.717) is 6.07 Å². The number of hydrogen-bond donors (Lipinski definition) is 2. The van der Waals surface area contributed by atoms with E-state index in [4.69, 9.17) is 4.42 Å². The zero-order valence-electron chi connectivity index (χ0n) is 17.5. The number of alkyl halides is 3. The highest BCUT2D eigenvalue weighted by Crippen LogP contribution is 2.37. The van der Waals surface area contributed by atoms with Crippen molar-refractivity contribution in [3.8, 4) is 5.69 Å². The number of nitrogens with zero attached hydrogens (tertiary/aromatic N) is 2. The Balaban J connectivity index is 1.60. The Bertz CT molecular complexity index is 1360. The van der Waals surface area contributed by atoms with Crippen LogP contribution in [0.25, 0.3) is 5.69 Å². The van der Waals surface area contributed by atoms with E-state index >= 15 is 0 Å². The molecule has 0 aliphatic heterocycles. The molecule has 0 saturated carbocycles. The summed E-state index contributed by atoms with van der Waals surface area (Å²) < 4.78 is 61.3. The Labute approximate surface area is 190 Å². The van der Waals surface area contributed by atoms with Gasteiger partial charge in [-0.05, 0) is 49.4 Å². The van der Waals surface area contributed by atoms with Gasteiger partial charge in [0.05, 0.1) is 35.0 Å². The first-order valence-corrected chi connectivity index (χ1v) is 9.82. The highest BCUT2D eigenvalue weighted by atomic mass is 19.4. The van der Waals surface area contributed by atoms with Crippen LogP contribution in [0, 0.1) is 12.7 Å². The Morgan fingerprint density at radius 2 is 1.76 bits per heavy atom. The van der Waals surface area contributed by atoms with E-state index < -0.39 is 35.1 Å². The van der Waals surface area contributed by atoms with E-state index in [9.17, 15) is 27.2 Å². The molecule has 0 spiro atoms. The molecule has 11 heteroatoms. The first kappa shape index (κ1) is 22.8. The summed E-state index contributed by atoms with van der Waals surface area (Å²) in [6, 6.07) is 11.5. The molecule has 0 atom stereocenters. The molecule has 7 nitrogen and oxygen atoms in total. The quantitative estimate of drug-likeness (QED) is 0.379. The summed E-state index contributed by atoms with van der Waals surface area (Å²) in [5.41, 5.74) is -1.55. The van der Waals surface area contributed by atoms with Crippen LogP contribution in [-0.2, 0) is 6.18 Å². The molecular weight excluding hydrogens is 456 g/mol. The van der Waals surface area contributed by atoms with Gasteiger partial charge < -0.3 is 15.1 Å². The zero-order chi connectivity index (χ0) is 24.5. The summed E-state index contributed by atoms with van der Waals surface area (Å²) in [5, 5.41) is 8.52. The van der Waals surface area contributed by atoms with E-state index in [1.807, 2.05) is 0 Å². The normalized spacial score (nSPS) is 11.3. The first-order chi connectivity index (χ1) is 16.1. The SMILES string of the molecule is Cc1c(C(=O)Nc2ccc(NC(=O)c3ccco3)cc2C(F)(F)F)cnn1-c1ccccc1F. The maximum atomic E-state index is 14.1. The van der Waals surface area contributed by atoms with Crippen molar-refractivity contribution < 1.29 is 31.6 Å². The van der Waals surface area contributed by atoms with Gasteiger partial charge in [0, 0.05) is 5.69 Å². The monoisotopic (exact) mass is 472 g/mol. The molecule has 0 bridgehead atoms. The van der Waals surface area contributed by atoms with Crippen LogP contribution < -0.4 is 10.6 Å². The van der Waals surface area contributed by atoms with Crippen molar-refractivity contribution in [3.63, 3.8) is 0 Å². The van der Waals surface area contributed by atoms with Crippen LogP contribution in [0.15, 0.2) is 71.5 Å². The molecule has 0 fully saturated rings. The maximum Gasteiger partial charge on any atom is 0.418 e. The van der Waals surface area contributed by atoms with Gasteiger partial charge in [-0.1, -0.05) is 12.1 Å². The van der Waals surface area contributed by atoms with Crippen molar-refractivity contribution >= 4 is 23.2 Å². The number of nitrogens with one attached hydrogen (secondary N) is 2. The summed E-state index contributed by atoms with van der Waals surface area (Å²) in [7, 11) is 0. The van der Waals surface area contributed by atoms with Crippen molar-refractivity contribution in [2.24, 2.45) is 0 Å². The first-order valence-electron chi connectivity index (χ1n) is 9.82. The Hall–Kier alpha value is -4.41. The molecule has 0 aliphatic carbocycles. The smallest absolute Gasteiger partial charge is 0.418 e. The van der Waals surface area contributed by atoms with E-state index in [-0.39, 0.29) is 28.4 Å². The summed E-state index contributed by atoms with van der Waals surface area (Å²) in [4.78, 5) is 24.8. The van der Waals surface area contributed by atoms with Gasteiger partial charge in [0.15, 0.2) is 5.76 Å². The number of carbonyl (C=O) groups excluding carboxylic acids is 2. The summed E-state index contributed by atoms with van der Waals surface area (Å²) in [6.07, 6.45) is -2.44. The highest BCUT2D eigenvalue weighted by molar-refractivity contribution is 6.06. The number of anilines is 2. The van der Waals surface area contributed by atoms with E-state index in [1.54, 1.807) is 6.07 Å². The highest BCUT2D eigenvalue weighted by Gasteiger charge is 2.35. The number of rotatable bonds is 5. The predicted octanol–water partition coefficient (Wildman–Crippen LogP) is 5.44. The second kappa shape index (κ2) is 8.85. The molecule has 0 unspecified atom stereocenters. The van der Waals surface area contributed by atoms with Crippen molar-refractivity contribution in [2.45, 2.75) is 13.1 Å². The average Bonchev–Trinajstić information content (AvgIpc) is 3.45. The number of aromatic nitrogens is 2. The molecule has 2 amide bonds. The lowest BCUT2D eigenvalue weighted by Crippen LogP contribution is -2.18. The minimum absolute atomic E-state index is 0.0356. The molecule has 2 heterocycles. The number of para-hydroxylation sites is 1. The Morgan fingerprint density at radius 3 is 2.44 bits per heavy atom. The molecule has 2 N–H and O–H groups in total. The lowest BCUT2D eigenvalue weighted by molar-refractivity contribution is -0.136. The molecule has 4 rings (SSSR count). The van der Waals surface area contributed by atoms with Gasteiger partial charge in [0.1, 0.15) is 11.5 Å². The number of furan rings is 1. The second-order valence-corrected chi connectivity index (χ2v) is 7.15. The maximum absolute atomic E-state index is 14.1. The average molecular weight is 472 g/mol. The lowest BCUT2D eigenvalue weighted by atomic mass is 10.1. The van der Waals surface area contributed by atoms with Gasteiger partial charge in [-0.2, -0.15) is 18.3 Å². The van der Waals surface area contributed by atoms with Crippen molar-refractivity contribution in [3.05, 3.63) is 95.5 Å². The van der Waals surface area contributed by atoms with Crippen LogP contribution in [0.2, 0.25) is 0 Å². The van der Waals surface area contributed by atoms with Gasteiger partial charge in [0.25, 0.3) is 11.8 Å². The fourth-order valence-corrected chi connectivity index (χ4v) is 3.25. The number of carbonyl (C=O) groups is 2. The summed E-state index contributed by atoms with van der Waals surface area (Å²) in [6.45, 7) is 1.49. The Morgan fingerprint density at radius 1 is 1.00 bits per heavy atom. The van der Waals surface area contributed by atoms with Crippen molar-refractivity contribution in [2.75, 3.05) is 10.6 Å². The van der Waals surface area contributed by atoms with Crippen LogP contribution >= 0.6 is 0 Å². The Kier molecular flexibility index (Phi) is 5.93. The van der Waals surface area contributed by atoms with Gasteiger partial charge in [-0.15, -0.1) is 0 Å². The summed E-state index contributed by atoms with van der Waals surface area (Å²) in [5.74, 6) is -2.25. The fraction of sp³-hybridized carbons (Fsp3) is 0.0870. The number of benzene rings is 2. The van der Waals surface area contributed by atoms with Gasteiger partial charge in [-0.3, -0.25) is 9.59 Å². The molecule has 174 valence electrons. The molecule has 0 aliphatic rings. The van der Waals surface area contributed by atoms with Crippen LogP contribution in [0.3, 0.4) is 0 Å². The molecule has 2 aromatic heterocycles. The van der Waals surface area contributed by atoms with Crippen molar-refractivity contribution in [1.29, 1.82) is 0 Å². The number of hydrogen-bond acceptors (Lipinski definition) is 4.